The molecule has 0 saturated carbocycles. The normalized spacial score (nSPS) is 11.6. The Morgan fingerprint density at radius 3 is 2.36 bits per heavy atom. The summed E-state index contributed by atoms with van der Waals surface area (Å²) in [6, 6.07) is 13.7. The Balaban J connectivity index is 1.81. The number of carbonyl (C=O) groups is 1. The molecule has 3 rings (SSSR count). The highest BCUT2D eigenvalue weighted by atomic mass is 32.2. The molecule has 0 heterocycles. The highest BCUT2D eigenvalue weighted by molar-refractivity contribution is 7.98. The van der Waals surface area contributed by atoms with E-state index < -0.39 is 34.2 Å². The molecule has 0 bridgehead atoms. The van der Waals surface area contributed by atoms with Crippen LogP contribution in [0, 0.1) is 5.82 Å². The van der Waals surface area contributed by atoms with Crippen LogP contribution in [-0.4, -0.2) is 47.4 Å². The van der Waals surface area contributed by atoms with Crippen molar-refractivity contribution in [1.29, 1.82) is 0 Å². The molecule has 0 saturated heterocycles. The number of nitrogens with one attached hydrogen (secondary N) is 1. The number of rotatable bonds is 12. The van der Waals surface area contributed by atoms with E-state index in [4.69, 9.17) is 9.47 Å². The quantitative estimate of drug-likeness (QED) is 0.235. The first kappa shape index (κ1) is 30.1. The second-order valence-electron chi connectivity index (χ2n) is 8.07. The molecule has 0 radical (unpaired) electrons. The monoisotopic (exact) mass is 586 g/mol. The molecule has 0 aliphatic carbocycles. The molecule has 0 aliphatic heterocycles. The summed E-state index contributed by atoms with van der Waals surface area (Å²) in [7, 11) is -1.86. The maximum Gasteiger partial charge on any atom is 0.416 e. The fourth-order valence-corrected chi connectivity index (χ4v) is 5.78. The van der Waals surface area contributed by atoms with Crippen molar-refractivity contribution < 1.29 is 40.2 Å². The Bertz CT molecular complexity index is 1400. The number of methoxy groups -OCH3 is 2. The third-order valence-electron chi connectivity index (χ3n) is 5.48. The van der Waals surface area contributed by atoms with Crippen LogP contribution in [0.3, 0.4) is 0 Å². The van der Waals surface area contributed by atoms with Crippen LogP contribution in [0.1, 0.15) is 11.1 Å². The molecule has 0 fully saturated rings. The van der Waals surface area contributed by atoms with Crippen molar-refractivity contribution in [2.24, 2.45) is 0 Å². The van der Waals surface area contributed by atoms with Crippen LogP contribution in [0.2, 0.25) is 0 Å². The van der Waals surface area contributed by atoms with Crippen LogP contribution in [0.4, 0.5) is 23.2 Å². The number of alkyl halides is 3. The molecule has 210 valence electrons. The van der Waals surface area contributed by atoms with Gasteiger partial charge in [0.25, 0.3) is 10.0 Å². The third-order valence-corrected chi connectivity index (χ3v) is 8.25. The Kier molecular flexibility index (Phi) is 10.1. The van der Waals surface area contributed by atoms with Gasteiger partial charge in [-0.3, -0.25) is 9.10 Å². The van der Waals surface area contributed by atoms with Gasteiger partial charge < -0.3 is 14.8 Å². The van der Waals surface area contributed by atoms with Crippen LogP contribution >= 0.6 is 11.8 Å². The smallest absolute Gasteiger partial charge is 0.416 e. The molecule has 0 spiro atoms. The number of halogens is 4. The summed E-state index contributed by atoms with van der Waals surface area (Å²) in [6.45, 7) is -0.652. The molecular formula is C26H26F4N2O5S2. The van der Waals surface area contributed by atoms with Crippen molar-refractivity contribution in [1.82, 2.24) is 5.32 Å². The van der Waals surface area contributed by atoms with Crippen molar-refractivity contribution in [2.75, 3.05) is 37.4 Å². The second-order valence-corrected chi connectivity index (χ2v) is 11.0. The number of anilines is 1. The van der Waals surface area contributed by atoms with Gasteiger partial charge in [-0.1, -0.05) is 24.3 Å². The Morgan fingerprint density at radius 2 is 1.69 bits per heavy atom. The van der Waals surface area contributed by atoms with E-state index in [2.05, 4.69) is 5.32 Å². The zero-order chi connectivity index (χ0) is 28.6. The number of ether oxygens (including phenoxy) is 2. The van der Waals surface area contributed by atoms with Crippen LogP contribution in [0.25, 0.3) is 0 Å². The molecule has 7 nitrogen and oxygen atoms in total. The van der Waals surface area contributed by atoms with Crippen molar-refractivity contribution in [2.45, 2.75) is 16.8 Å². The minimum Gasteiger partial charge on any atom is -0.493 e. The summed E-state index contributed by atoms with van der Waals surface area (Å²) >= 11 is 1.36. The van der Waals surface area contributed by atoms with Crippen molar-refractivity contribution in [3.63, 3.8) is 0 Å². The van der Waals surface area contributed by atoms with E-state index in [0.29, 0.717) is 27.4 Å². The van der Waals surface area contributed by atoms with Gasteiger partial charge in [0.15, 0.2) is 11.5 Å². The maximum atomic E-state index is 13.7. The standard InChI is InChI=1S/C26H26F4N2O5S2/c1-36-23-11-10-21(15-24(23)37-2)39(34,35)32(20-8-5-7-19(14-20)26(28,29)30)16-25(33)31-12-13-38-17-18-6-3-4-9-22(18)27/h3-11,14-15H,12-13,16-17H2,1-2H3,(H,31,33). The molecule has 0 aliphatic rings. The van der Waals surface area contributed by atoms with Crippen molar-refractivity contribution >= 4 is 33.4 Å². The van der Waals surface area contributed by atoms with Gasteiger partial charge in [-0.15, -0.1) is 0 Å². The average molecular weight is 587 g/mol. The summed E-state index contributed by atoms with van der Waals surface area (Å²) in [5.41, 5.74) is -0.910. The number of carbonyl (C=O) groups excluding carboxylic acids is 1. The highest BCUT2D eigenvalue weighted by Crippen LogP contribution is 2.35. The van der Waals surface area contributed by atoms with Crippen LogP contribution in [0.5, 0.6) is 11.5 Å². The largest absolute Gasteiger partial charge is 0.493 e. The maximum absolute atomic E-state index is 13.7. The van der Waals surface area contributed by atoms with Gasteiger partial charge in [0.05, 0.1) is 30.4 Å². The van der Waals surface area contributed by atoms with Crippen molar-refractivity contribution in [3.05, 3.63) is 83.7 Å². The van der Waals surface area contributed by atoms with E-state index in [-0.39, 0.29) is 34.4 Å². The number of sulfonamides is 1. The molecule has 1 amide bonds. The van der Waals surface area contributed by atoms with Gasteiger partial charge in [0.1, 0.15) is 12.4 Å². The van der Waals surface area contributed by atoms with E-state index >= 15 is 0 Å². The Labute approximate surface area is 228 Å². The third kappa shape index (κ3) is 7.79. The molecule has 0 aromatic heterocycles. The topological polar surface area (TPSA) is 84.9 Å². The first-order valence-electron chi connectivity index (χ1n) is 11.5. The minimum absolute atomic E-state index is 0.0823. The predicted molar refractivity (Wildman–Crippen MR) is 141 cm³/mol. The summed E-state index contributed by atoms with van der Waals surface area (Å²) in [4.78, 5) is 12.4. The summed E-state index contributed by atoms with van der Waals surface area (Å²) in [5.74, 6) is 0.0132. The zero-order valence-corrected chi connectivity index (χ0v) is 22.6. The molecule has 3 aromatic carbocycles. The number of benzene rings is 3. The minimum atomic E-state index is -4.73. The van der Waals surface area contributed by atoms with Gasteiger partial charge in [-0.25, -0.2) is 12.8 Å². The van der Waals surface area contributed by atoms with Gasteiger partial charge in [0.2, 0.25) is 5.91 Å². The second kappa shape index (κ2) is 13.1. The predicted octanol–water partition coefficient (Wildman–Crippen LogP) is 5.11. The zero-order valence-electron chi connectivity index (χ0n) is 21.0. The average Bonchev–Trinajstić information content (AvgIpc) is 2.91. The molecular weight excluding hydrogens is 560 g/mol. The van der Waals surface area contributed by atoms with E-state index in [1.165, 1.54) is 50.2 Å². The molecule has 1 N–H and O–H groups in total. The number of thioether (sulfide) groups is 1. The van der Waals surface area contributed by atoms with E-state index in [0.717, 1.165) is 18.2 Å². The molecule has 39 heavy (non-hydrogen) atoms. The van der Waals surface area contributed by atoms with E-state index in [1.807, 2.05) is 0 Å². The fraction of sp³-hybridized carbons (Fsp3) is 0.269. The number of hydrogen-bond donors (Lipinski definition) is 1. The van der Waals surface area contributed by atoms with Crippen LogP contribution in [0.15, 0.2) is 71.6 Å². The molecule has 13 heteroatoms. The lowest BCUT2D eigenvalue weighted by Gasteiger charge is -2.25. The van der Waals surface area contributed by atoms with Gasteiger partial charge in [-0.05, 0) is 42.0 Å². The van der Waals surface area contributed by atoms with Crippen molar-refractivity contribution in [3.8, 4) is 11.5 Å². The SMILES string of the molecule is COc1ccc(S(=O)(=O)N(CC(=O)NCCSCc2ccccc2F)c2cccc(C(F)(F)F)c2)cc1OC. The number of hydrogen-bond acceptors (Lipinski definition) is 6. The lowest BCUT2D eigenvalue weighted by Crippen LogP contribution is -2.41. The highest BCUT2D eigenvalue weighted by Gasteiger charge is 2.33. The van der Waals surface area contributed by atoms with Gasteiger partial charge in [0, 0.05) is 24.1 Å². The number of amides is 1. The van der Waals surface area contributed by atoms with Crippen LogP contribution < -0.4 is 19.1 Å². The molecule has 3 aromatic rings. The molecule has 0 unspecified atom stereocenters. The van der Waals surface area contributed by atoms with Gasteiger partial charge in [-0.2, -0.15) is 24.9 Å². The Morgan fingerprint density at radius 1 is 0.974 bits per heavy atom. The molecule has 0 atom stereocenters. The summed E-state index contributed by atoms with van der Waals surface area (Å²) in [5, 5.41) is 2.57. The van der Waals surface area contributed by atoms with Gasteiger partial charge >= 0.3 is 6.18 Å². The number of nitrogens with zero attached hydrogens (tertiary/aromatic N) is 1. The van der Waals surface area contributed by atoms with E-state index in [9.17, 15) is 30.8 Å². The summed E-state index contributed by atoms with van der Waals surface area (Å²) in [6.07, 6.45) is -4.73. The fourth-order valence-electron chi connectivity index (χ4n) is 3.50. The van der Waals surface area contributed by atoms with E-state index in [1.54, 1.807) is 18.2 Å². The van der Waals surface area contributed by atoms with Crippen LogP contribution in [-0.2, 0) is 26.7 Å². The first-order chi connectivity index (χ1) is 18.5. The Hall–Kier alpha value is -3.45. The summed E-state index contributed by atoms with van der Waals surface area (Å²) < 4.78 is 91.9. The first-order valence-corrected chi connectivity index (χ1v) is 14.1. The lowest BCUT2D eigenvalue weighted by molar-refractivity contribution is -0.137. The lowest BCUT2D eigenvalue weighted by atomic mass is 10.2.